The molecule has 2 saturated heterocycles. The lowest BCUT2D eigenvalue weighted by molar-refractivity contribution is -0.140. The fraction of sp³-hybridized carbons (Fsp3) is 0.476. The highest BCUT2D eigenvalue weighted by Gasteiger charge is 2.29. The Labute approximate surface area is 165 Å². The second-order valence-electron chi connectivity index (χ2n) is 7.20. The molecule has 1 aromatic heterocycles. The van der Waals surface area contributed by atoms with E-state index >= 15 is 0 Å². The predicted octanol–water partition coefficient (Wildman–Crippen LogP) is 2.23. The molecular formula is C21H26N4O3. The van der Waals surface area contributed by atoms with Gasteiger partial charge in [0, 0.05) is 37.7 Å². The zero-order valence-electron chi connectivity index (χ0n) is 16.2. The quantitative estimate of drug-likeness (QED) is 0.808. The summed E-state index contributed by atoms with van der Waals surface area (Å²) in [6.45, 7) is 4.41. The van der Waals surface area contributed by atoms with Crippen molar-refractivity contribution in [3.8, 4) is 17.0 Å². The standard InChI is InChI=1S/C21H26N4O3/c1-27-18-4-2-16(3-5-18)19-6-7-20(23-22-19)24-10-8-17(9-11-24)21(26)25-12-14-28-15-13-25/h2-7,17H,8-15H2,1H3. The first-order valence-corrected chi connectivity index (χ1v) is 9.84. The largest absolute Gasteiger partial charge is 0.497 e. The maximum absolute atomic E-state index is 12.7. The van der Waals surface area contributed by atoms with Gasteiger partial charge in [0.2, 0.25) is 5.91 Å². The number of nitrogens with zero attached hydrogens (tertiary/aromatic N) is 4. The van der Waals surface area contributed by atoms with Gasteiger partial charge in [0.1, 0.15) is 5.75 Å². The van der Waals surface area contributed by atoms with E-state index in [1.165, 1.54) is 0 Å². The minimum Gasteiger partial charge on any atom is -0.497 e. The molecule has 0 unspecified atom stereocenters. The molecule has 0 bridgehead atoms. The molecule has 0 radical (unpaired) electrons. The molecule has 0 spiro atoms. The average Bonchev–Trinajstić information content (AvgIpc) is 2.79. The van der Waals surface area contributed by atoms with E-state index in [9.17, 15) is 4.79 Å². The number of ether oxygens (including phenoxy) is 2. The number of amides is 1. The third-order valence-electron chi connectivity index (χ3n) is 5.53. The Morgan fingerprint density at radius 3 is 2.32 bits per heavy atom. The fourth-order valence-corrected chi connectivity index (χ4v) is 3.81. The van der Waals surface area contributed by atoms with Gasteiger partial charge < -0.3 is 19.3 Å². The van der Waals surface area contributed by atoms with Crippen molar-refractivity contribution in [2.45, 2.75) is 12.8 Å². The molecular weight excluding hydrogens is 356 g/mol. The number of piperidine rings is 1. The summed E-state index contributed by atoms with van der Waals surface area (Å²) in [4.78, 5) is 16.8. The van der Waals surface area contributed by atoms with Crippen molar-refractivity contribution in [1.82, 2.24) is 15.1 Å². The topological polar surface area (TPSA) is 67.8 Å². The van der Waals surface area contributed by atoms with Crippen molar-refractivity contribution in [2.24, 2.45) is 5.92 Å². The number of aromatic nitrogens is 2. The van der Waals surface area contributed by atoms with Gasteiger partial charge in [0.15, 0.2) is 5.82 Å². The van der Waals surface area contributed by atoms with Gasteiger partial charge in [0.25, 0.3) is 0 Å². The molecule has 2 aliphatic heterocycles. The summed E-state index contributed by atoms with van der Waals surface area (Å²) in [7, 11) is 1.65. The zero-order valence-corrected chi connectivity index (χ0v) is 16.2. The number of methoxy groups -OCH3 is 1. The number of hydrogen-bond acceptors (Lipinski definition) is 6. The van der Waals surface area contributed by atoms with Crippen LogP contribution in [0.1, 0.15) is 12.8 Å². The van der Waals surface area contributed by atoms with Crippen LogP contribution in [0.3, 0.4) is 0 Å². The molecule has 0 atom stereocenters. The molecule has 2 fully saturated rings. The van der Waals surface area contributed by atoms with Crippen molar-refractivity contribution in [3.63, 3.8) is 0 Å². The lowest BCUT2D eigenvalue weighted by Gasteiger charge is -2.35. The van der Waals surface area contributed by atoms with E-state index in [1.807, 2.05) is 41.3 Å². The molecule has 4 rings (SSSR count). The van der Waals surface area contributed by atoms with Crippen molar-refractivity contribution in [1.29, 1.82) is 0 Å². The van der Waals surface area contributed by atoms with E-state index in [1.54, 1.807) is 7.11 Å². The molecule has 1 aromatic carbocycles. The molecule has 1 amide bonds. The van der Waals surface area contributed by atoms with Crippen molar-refractivity contribution >= 4 is 11.7 Å². The highest BCUT2D eigenvalue weighted by atomic mass is 16.5. The van der Waals surface area contributed by atoms with Crippen molar-refractivity contribution < 1.29 is 14.3 Å². The SMILES string of the molecule is COc1ccc(-c2ccc(N3CCC(C(=O)N4CCOCC4)CC3)nn2)cc1. The van der Waals surface area contributed by atoms with Gasteiger partial charge in [-0.3, -0.25) is 4.79 Å². The third kappa shape index (κ3) is 4.09. The first-order chi connectivity index (χ1) is 13.7. The second-order valence-corrected chi connectivity index (χ2v) is 7.20. The maximum atomic E-state index is 12.7. The van der Waals surface area contributed by atoms with Crippen LogP contribution in [-0.2, 0) is 9.53 Å². The van der Waals surface area contributed by atoms with Crippen molar-refractivity contribution in [3.05, 3.63) is 36.4 Å². The van der Waals surface area contributed by atoms with Crippen LogP contribution in [0.4, 0.5) is 5.82 Å². The third-order valence-corrected chi connectivity index (χ3v) is 5.53. The fourth-order valence-electron chi connectivity index (χ4n) is 3.81. The number of morpholine rings is 1. The molecule has 2 aromatic rings. The van der Waals surface area contributed by atoms with Gasteiger partial charge in [0.05, 0.1) is 26.0 Å². The van der Waals surface area contributed by atoms with Gasteiger partial charge in [-0.25, -0.2) is 0 Å². The van der Waals surface area contributed by atoms with Crippen LogP contribution in [-0.4, -0.2) is 67.5 Å². The number of benzene rings is 1. The molecule has 148 valence electrons. The molecule has 28 heavy (non-hydrogen) atoms. The number of carbonyl (C=O) groups is 1. The number of anilines is 1. The van der Waals surface area contributed by atoms with E-state index in [0.29, 0.717) is 13.2 Å². The Balaban J connectivity index is 1.34. The summed E-state index contributed by atoms with van der Waals surface area (Å²) in [5, 5.41) is 8.80. The Hall–Kier alpha value is -2.67. The Bertz CT molecular complexity index is 780. The summed E-state index contributed by atoms with van der Waals surface area (Å²) < 4.78 is 10.5. The average molecular weight is 382 g/mol. The maximum Gasteiger partial charge on any atom is 0.225 e. The van der Waals surface area contributed by atoms with E-state index < -0.39 is 0 Å². The van der Waals surface area contributed by atoms with Gasteiger partial charge in [-0.15, -0.1) is 10.2 Å². The Kier molecular flexibility index (Phi) is 5.71. The van der Waals surface area contributed by atoms with Crippen molar-refractivity contribution in [2.75, 3.05) is 51.4 Å². The van der Waals surface area contributed by atoms with E-state index in [4.69, 9.17) is 9.47 Å². The molecule has 7 nitrogen and oxygen atoms in total. The molecule has 0 aliphatic carbocycles. The monoisotopic (exact) mass is 382 g/mol. The van der Waals surface area contributed by atoms with Crippen LogP contribution in [0.25, 0.3) is 11.3 Å². The van der Waals surface area contributed by atoms with E-state index in [0.717, 1.165) is 61.8 Å². The Morgan fingerprint density at radius 1 is 1.00 bits per heavy atom. The first-order valence-electron chi connectivity index (χ1n) is 9.84. The number of rotatable bonds is 4. The molecule has 7 heteroatoms. The number of hydrogen-bond donors (Lipinski definition) is 0. The molecule has 0 saturated carbocycles. The van der Waals surface area contributed by atoms with Crippen LogP contribution in [0.5, 0.6) is 5.75 Å². The van der Waals surface area contributed by atoms with Gasteiger partial charge in [-0.1, -0.05) is 0 Å². The molecule has 2 aliphatic rings. The van der Waals surface area contributed by atoms with Crippen LogP contribution < -0.4 is 9.64 Å². The molecule has 3 heterocycles. The summed E-state index contributed by atoms with van der Waals surface area (Å²) in [6, 6.07) is 11.8. The summed E-state index contributed by atoms with van der Waals surface area (Å²) in [5.74, 6) is 2.09. The van der Waals surface area contributed by atoms with Crippen LogP contribution >= 0.6 is 0 Å². The van der Waals surface area contributed by atoms with Gasteiger partial charge >= 0.3 is 0 Å². The predicted molar refractivity (Wildman–Crippen MR) is 106 cm³/mol. The smallest absolute Gasteiger partial charge is 0.225 e. The lowest BCUT2D eigenvalue weighted by atomic mass is 9.95. The molecule has 0 N–H and O–H groups in total. The first kappa shape index (κ1) is 18.7. The second kappa shape index (κ2) is 8.56. The lowest BCUT2D eigenvalue weighted by Crippen LogP contribution is -2.47. The summed E-state index contributed by atoms with van der Waals surface area (Å²) in [6.07, 6.45) is 1.72. The zero-order chi connectivity index (χ0) is 19.3. The minimum absolute atomic E-state index is 0.112. The highest BCUT2D eigenvalue weighted by molar-refractivity contribution is 5.79. The van der Waals surface area contributed by atoms with Crippen LogP contribution in [0.2, 0.25) is 0 Å². The minimum atomic E-state index is 0.112. The normalized spacial score (nSPS) is 18.2. The highest BCUT2D eigenvalue weighted by Crippen LogP contribution is 2.25. The van der Waals surface area contributed by atoms with Gasteiger partial charge in [-0.2, -0.15) is 0 Å². The summed E-state index contributed by atoms with van der Waals surface area (Å²) in [5.41, 5.74) is 1.85. The summed E-state index contributed by atoms with van der Waals surface area (Å²) >= 11 is 0. The van der Waals surface area contributed by atoms with E-state index in [2.05, 4.69) is 15.1 Å². The Morgan fingerprint density at radius 2 is 1.71 bits per heavy atom. The van der Waals surface area contributed by atoms with Crippen LogP contribution in [0.15, 0.2) is 36.4 Å². The number of carbonyl (C=O) groups excluding carboxylic acids is 1. The van der Waals surface area contributed by atoms with Crippen LogP contribution in [0, 0.1) is 5.92 Å². The van der Waals surface area contributed by atoms with E-state index in [-0.39, 0.29) is 11.8 Å². The van der Waals surface area contributed by atoms with Gasteiger partial charge in [-0.05, 0) is 49.2 Å².